The molecule has 42 heavy (non-hydrogen) atoms. The third-order valence-electron chi connectivity index (χ3n) is 9.06. The van der Waals surface area contributed by atoms with Crippen LogP contribution in [0, 0.1) is 33.3 Å². The van der Waals surface area contributed by atoms with E-state index in [4.69, 9.17) is 15.0 Å². The van der Waals surface area contributed by atoms with E-state index in [9.17, 15) is 19.7 Å². The van der Waals surface area contributed by atoms with Gasteiger partial charge in [0, 0.05) is 12.6 Å². The second kappa shape index (κ2) is 12.8. The Bertz CT molecular complexity index is 1190. The lowest BCUT2D eigenvalue weighted by molar-refractivity contribution is -0.525. The van der Waals surface area contributed by atoms with Crippen LogP contribution in [0.25, 0.3) is 6.08 Å². The molecule has 0 aromatic carbocycles. The minimum atomic E-state index is -0.899. The van der Waals surface area contributed by atoms with Crippen molar-refractivity contribution in [3.05, 3.63) is 34.4 Å². The van der Waals surface area contributed by atoms with Crippen LogP contribution in [0.5, 0.6) is 0 Å². The van der Waals surface area contributed by atoms with Crippen LogP contribution in [0.15, 0.2) is 23.6 Å². The highest BCUT2D eigenvalue weighted by Crippen LogP contribution is 2.65. The number of nitrogens with zero attached hydrogens (tertiary/aromatic N) is 3. The number of guanidine groups is 1. The lowest BCUT2D eigenvalue weighted by Gasteiger charge is -2.64. The molecule has 1 aliphatic heterocycles. The van der Waals surface area contributed by atoms with Crippen molar-refractivity contribution in [3.63, 3.8) is 0 Å². The first-order chi connectivity index (χ1) is 19.8. The molecule has 15 heteroatoms. The molecule has 2 heterocycles. The van der Waals surface area contributed by atoms with Gasteiger partial charge in [0.25, 0.3) is 5.96 Å². The number of nitro groups is 1. The Hall–Kier alpha value is -3.46. The molecule has 0 spiro atoms. The fourth-order valence-corrected chi connectivity index (χ4v) is 6.74. The van der Waals surface area contributed by atoms with Crippen molar-refractivity contribution in [2.45, 2.75) is 90.4 Å². The number of aliphatic imine (C=N–C) groups is 1. The number of hydrogen-bond donors (Lipinski definition) is 5. The van der Waals surface area contributed by atoms with Crippen LogP contribution in [0.4, 0.5) is 0 Å². The van der Waals surface area contributed by atoms with Crippen LogP contribution < -0.4 is 21.8 Å². The topological polar surface area (TPSA) is 199 Å². The number of nitrogens with one attached hydrogen (secondary N) is 4. The van der Waals surface area contributed by atoms with E-state index in [2.05, 4.69) is 60.2 Å². The van der Waals surface area contributed by atoms with Crippen LogP contribution >= 0.6 is 0 Å². The van der Waals surface area contributed by atoms with Gasteiger partial charge in [0.05, 0.1) is 35.9 Å². The minimum absolute atomic E-state index is 0.0231. The predicted octanol–water partition coefficient (Wildman–Crippen LogP) is 1.58. The predicted molar refractivity (Wildman–Crippen MR) is 157 cm³/mol. The SMILES string of the molecule is CC(C)C[C@H](NC(=O)[C@H](CCCN=C(N)N[N+](=O)[O-])NC(=O)C=Cc1cnc[nH]1)B1O[C@@H]2C[C@@H]3C[C@@H](C3(C)C)[C@]2(C)O1. The first-order valence-electron chi connectivity index (χ1n) is 14.6. The van der Waals surface area contributed by atoms with Crippen molar-refractivity contribution in [1.29, 1.82) is 0 Å². The summed E-state index contributed by atoms with van der Waals surface area (Å²) in [6.45, 7) is 11.0. The van der Waals surface area contributed by atoms with Gasteiger partial charge in [-0.2, -0.15) is 0 Å². The zero-order valence-corrected chi connectivity index (χ0v) is 25.0. The molecule has 3 saturated carbocycles. The molecular weight excluding hydrogens is 543 g/mol. The highest BCUT2D eigenvalue weighted by atomic mass is 16.7. The van der Waals surface area contributed by atoms with E-state index in [1.165, 1.54) is 12.4 Å². The number of amides is 2. The summed E-state index contributed by atoms with van der Waals surface area (Å²) in [5.41, 5.74) is 7.69. The Labute approximate surface area is 246 Å². The molecule has 6 N–H and O–H groups in total. The van der Waals surface area contributed by atoms with Gasteiger partial charge in [-0.1, -0.05) is 33.1 Å². The van der Waals surface area contributed by atoms with Crippen molar-refractivity contribution >= 4 is 31.0 Å². The number of rotatable bonds is 13. The maximum atomic E-state index is 13.7. The number of hydrogen-bond acceptors (Lipinski definition) is 8. The third kappa shape index (κ3) is 7.12. The third-order valence-corrected chi connectivity index (χ3v) is 9.06. The Morgan fingerprint density at radius 3 is 2.74 bits per heavy atom. The van der Waals surface area contributed by atoms with E-state index in [0.717, 1.165) is 12.8 Å². The molecule has 1 aromatic rings. The summed E-state index contributed by atoms with van der Waals surface area (Å²) in [5, 5.41) is 15.6. The molecule has 0 unspecified atom stereocenters. The molecule has 230 valence electrons. The van der Waals surface area contributed by atoms with Crippen LogP contribution in [-0.2, 0) is 18.9 Å². The molecule has 14 nitrogen and oxygen atoms in total. The van der Waals surface area contributed by atoms with Gasteiger partial charge in [-0.05, 0) is 68.3 Å². The molecule has 2 amide bonds. The minimum Gasteiger partial charge on any atom is -0.404 e. The second-order valence-corrected chi connectivity index (χ2v) is 12.8. The monoisotopic (exact) mass is 586 g/mol. The molecule has 4 aliphatic rings. The van der Waals surface area contributed by atoms with Gasteiger partial charge in [0.1, 0.15) is 6.04 Å². The summed E-state index contributed by atoms with van der Waals surface area (Å²) < 4.78 is 13.1. The van der Waals surface area contributed by atoms with Gasteiger partial charge in [0.15, 0.2) is 5.03 Å². The van der Waals surface area contributed by atoms with Crippen molar-refractivity contribution in [3.8, 4) is 0 Å². The number of imidazole rings is 1. The maximum Gasteiger partial charge on any atom is 0.481 e. The zero-order chi connectivity index (χ0) is 30.7. The molecular formula is C27H43BN8O6. The average Bonchev–Trinajstić information content (AvgIpc) is 3.55. The number of aromatic amines is 1. The lowest BCUT2D eigenvalue weighted by atomic mass is 9.43. The van der Waals surface area contributed by atoms with E-state index in [0.29, 0.717) is 30.4 Å². The summed E-state index contributed by atoms with van der Waals surface area (Å²) in [7, 11) is -0.601. The van der Waals surface area contributed by atoms with Gasteiger partial charge >= 0.3 is 7.12 Å². The fraction of sp³-hybridized carbons (Fsp3) is 0.704. The fourth-order valence-electron chi connectivity index (χ4n) is 6.74. The van der Waals surface area contributed by atoms with E-state index in [-0.39, 0.29) is 42.3 Å². The van der Waals surface area contributed by atoms with Crippen LogP contribution in [0.2, 0.25) is 0 Å². The Balaban J connectivity index is 1.44. The first-order valence-corrected chi connectivity index (χ1v) is 14.6. The number of hydrazine groups is 1. The zero-order valence-electron chi connectivity index (χ0n) is 25.0. The summed E-state index contributed by atoms with van der Waals surface area (Å²) in [6.07, 6.45) is 9.18. The summed E-state index contributed by atoms with van der Waals surface area (Å²) in [6, 6.07) is -0.899. The number of carbonyl (C=O) groups excluding carboxylic acids is 2. The van der Waals surface area contributed by atoms with Crippen LogP contribution in [0.1, 0.15) is 72.4 Å². The van der Waals surface area contributed by atoms with Gasteiger partial charge < -0.3 is 30.7 Å². The smallest absolute Gasteiger partial charge is 0.404 e. The van der Waals surface area contributed by atoms with Gasteiger partial charge in [-0.3, -0.25) is 9.59 Å². The highest BCUT2D eigenvalue weighted by molar-refractivity contribution is 6.48. The van der Waals surface area contributed by atoms with E-state index in [1.807, 2.05) is 0 Å². The van der Waals surface area contributed by atoms with E-state index < -0.39 is 35.6 Å². The summed E-state index contributed by atoms with van der Waals surface area (Å²) in [4.78, 5) is 47.7. The lowest BCUT2D eigenvalue weighted by Crippen LogP contribution is -2.65. The van der Waals surface area contributed by atoms with Crippen molar-refractivity contribution < 1.29 is 23.9 Å². The largest absolute Gasteiger partial charge is 0.481 e. The Kier molecular flexibility index (Phi) is 9.61. The standard InChI is InChI=1S/C27H43BN8O6/c1-16(2)11-22(28-41-21-13-17-12-20(26(17,3)4)27(21,5)42-28)34-24(38)19(7-6-10-31-25(29)35-36(39)40)33-23(37)9-8-18-14-30-15-32-18/h8-9,14-17,19-22H,6-7,10-13H2,1-5H3,(H,30,32)(H,33,37)(H,34,38)(H3,29,31,35)/t17-,19-,20-,21+,22-,27-/m0/s1. The Morgan fingerprint density at radius 1 is 1.33 bits per heavy atom. The number of aromatic nitrogens is 2. The highest BCUT2D eigenvalue weighted by Gasteiger charge is 2.68. The van der Waals surface area contributed by atoms with Gasteiger partial charge in [-0.15, -0.1) is 0 Å². The number of nitrogens with two attached hydrogens (primary N) is 1. The quantitative estimate of drug-likeness (QED) is 0.0433. The molecule has 1 aromatic heterocycles. The molecule has 4 fully saturated rings. The second-order valence-electron chi connectivity index (χ2n) is 12.8. The van der Waals surface area contributed by atoms with Crippen molar-refractivity contribution in [1.82, 2.24) is 26.0 Å². The van der Waals surface area contributed by atoms with Crippen molar-refractivity contribution in [2.24, 2.45) is 33.9 Å². The van der Waals surface area contributed by atoms with E-state index >= 15 is 0 Å². The number of H-pyrrole nitrogens is 1. The summed E-state index contributed by atoms with van der Waals surface area (Å²) >= 11 is 0. The molecule has 1 saturated heterocycles. The van der Waals surface area contributed by atoms with Crippen LogP contribution in [-0.4, -0.2) is 70.1 Å². The maximum absolute atomic E-state index is 13.7. The van der Waals surface area contributed by atoms with Crippen LogP contribution in [0.3, 0.4) is 0 Å². The molecule has 2 bridgehead atoms. The molecule has 0 radical (unpaired) electrons. The average molecular weight is 587 g/mol. The first kappa shape index (κ1) is 31.5. The Morgan fingerprint density at radius 2 is 2.10 bits per heavy atom. The molecule has 3 aliphatic carbocycles. The van der Waals surface area contributed by atoms with Crippen molar-refractivity contribution in [2.75, 3.05) is 6.54 Å². The summed E-state index contributed by atoms with van der Waals surface area (Å²) in [5.74, 6) is -0.347. The molecule has 5 rings (SSSR count). The van der Waals surface area contributed by atoms with Gasteiger partial charge in [-0.25, -0.2) is 20.1 Å². The normalized spacial score (nSPS) is 27.7. The number of carbonyl (C=O) groups is 2. The van der Waals surface area contributed by atoms with E-state index in [1.54, 1.807) is 17.7 Å². The van der Waals surface area contributed by atoms with Gasteiger partial charge in [0.2, 0.25) is 11.8 Å². The molecule has 6 atom stereocenters.